The number of halogens is 1. The summed E-state index contributed by atoms with van der Waals surface area (Å²) in [7, 11) is 0. The number of pyridine rings is 1. The fraction of sp³-hybridized carbons (Fsp3) is 0.545. The molecule has 1 nitrogen and oxygen atoms in total. The van der Waals surface area contributed by atoms with E-state index in [1.165, 1.54) is 30.5 Å². The molecule has 0 spiro atoms. The monoisotopic (exact) mass is 195 g/mol. The van der Waals surface area contributed by atoms with Crippen molar-refractivity contribution in [2.75, 3.05) is 5.88 Å². The fourth-order valence-corrected chi connectivity index (χ4v) is 2.26. The van der Waals surface area contributed by atoms with Crippen LogP contribution in [-0.4, -0.2) is 10.9 Å². The number of hydrogen-bond donors (Lipinski definition) is 0. The van der Waals surface area contributed by atoms with Crippen LogP contribution in [0.4, 0.5) is 0 Å². The highest BCUT2D eigenvalue weighted by Crippen LogP contribution is 2.34. The van der Waals surface area contributed by atoms with Gasteiger partial charge in [0.25, 0.3) is 0 Å². The first-order valence-electron chi connectivity index (χ1n) is 4.91. The summed E-state index contributed by atoms with van der Waals surface area (Å²) in [6, 6.07) is 4.23. The lowest BCUT2D eigenvalue weighted by molar-refractivity contribution is 0.599. The Balaban J connectivity index is 2.09. The average Bonchev–Trinajstić information content (AvgIpc) is 2.58. The number of aryl methyl sites for hydroxylation is 1. The Labute approximate surface area is 84.1 Å². The van der Waals surface area contributed by atoms with Gasteiger partial charge in [-0.05, 0) is 37.3 Å². The number of fused-ring (bicyclic) bond motifs is 1. The molecule has 1 aliphatic rings. The first-order chi connectivity index (χ1) is 6.42. The van der Waals surface area contributed by atoms with E-state index in [0.29, 0.717) is 5.92 Å². The zero-order valence-electron chi connectivity index (χ0n) is 7.67. The third-order valence-corrected chi connectivity index (χ3v) is 3.03. The van der Waals surface area contributed by atoms with Crippen LogP contribution in [-0.2, 0) is 6.42 Å². The van der Waals surface area contributed by atoms with E-state index < -0.39 is 0 Å². The number of alkyl halides is 1. The zero-order chi connectivity index (χ0) is 9.10. The van der Waals surface area contributed by atoms with E-state index in [1.807, 2.05) is 12.3 Å². The summed E-state index contributed by atoms with van der Waals surface area (Å²) in [6.07, 6.45) is 6.69. The number of nitrogens with zero attached hydrogens (tertiary/aromatic N) is 1. The second-order valence-corrected chi connectivity index (χ2v) is 3.99. The highest BCUT2D eigenvalue weighted by atomic mass is 35.5. The van der Waals surface area contributed by atoms with Crippen LogP contribution in [0.3, 0.4) is 0 Å². The van der Waals surface area contributed by atoms with Crippen molar-refractivity contribution in [1.82, 2.24) is 4.98 Å². The molecule has 0 aliphatic heterocycles. The molecule has 2 heteroatoms. The summed E-state index contributed by atoms with van der Waals surface area (Å²) < 4.78 is 0. The molecule has 2 rings (SSSR count). The summed E-state index contributed by atoms with van der Waals surface area (Å²) in [5.74, 6) is 1.45. The molecule has 70 valence electrons. The lowest BCUT2D eigenvalue weighted by atomic mass is 10.0. The molecule has 1 aromatic rings. The van der Waals surface area contributed by atoms with Gasteiger partial charge in [0, 0.05) is 23.7 Å². The minimum atomic E-state index is 0.676. The van der Waals surface area contributed by atoms with Gasteiger partial charge in [0.1, 0.15) is 0 Å². The van der Waals surface area contributed by atoms with Gasteiger partial charge in [-0.25, -0.2) is 0 Å². The van der Waals surface area contributed by atoms with Gasteiger partial charge in [-0.1, -0.05) is 6.07 Å². The predicted octanol–water partition coefficient (Wildman–Crippen LogP) is 3.13. The van der Waals surface area contributed by atoms with Gasteiger partial charge in [-0.3, -0.25) is 4.98 Å². The maximum atomic E-state index is 5.69. The van der Waals surface area contributed by atoms with Gasteiger partial charge in [0.05, 0.1) is 0 Å². The van der Waals surface area contributed by atoms with Gasteiger partial charge in [-0.2, -0.15) is 0 Å². The highest BCUT2D eigenvalue weighted by Gasteiger charge is 2.22. The van der Waals surface area contributed by atoms with Gasteiger partial charge in [0.15, 0.2) is 0 Å². The molecule has 1 atom stereocenters. The van der Waals surface area contributed by atoms with Crippen molar-refractivity contribution in [3.05, 3.63) is 29.6 Å². The molecule has 1 aliphatic carbocycles. The minimum absolute atomic E-state index is 0.676. The lowest BCUT2D eigenvalue weighted by Crippen LogP contribution is -1.96. The molecule has 1 aromatic heterocycles. The number of hydrogen-bond acceptors (Lipinski definition) is 1. The molecule has 1 heterocycles. The summed E-state index contributed by atoms with van der Waals surface area (Å²) in [5.41, 5.74) is 2.77. The SMILES string of the molecule is ClCCCC1CCc2cccnc21. The Morgan fingerprint density at radius 2 is 2.46 bits per heavy atom. The Morgan fingerprint density at radius 1 is 1.54 bits per heavy atom. The van der Waals surface area contributed by atoms with Crippen molar-refractivity contribution in [2.24, 2.45) is 0 Å². The van der Waals surface area contributed by atoms with E-state index in [-0.39, 0.29) is 0 Å². The van der Waals surface area contributed by atoms with Gasteiger partial charge < -0.3 is 0 Å². The Hall–Kier alpha value is -0.560. The molecular weight excluding hydrogens is 182 g/mol. The van der Waals surface area contributed by atoms with Crippen molar-refractivity contribution in [3.8, 4) is 0 Å². The van der Waals surface area contributed by atoms with Gasteiger partial charge in [0.2, 0.25) is 0 Å². The molecule has 0 saturated heterocycles. The highest BCUT2D eigenvalue weighted by molar-refractivity contribution is 6.17. The molecule has 0 amide bonds. The summed E-state index contributed by atoms with van der Waals surface area (Å²) in [6.45, 7) is 0. The minimum Gasteiger partial charge on any atom is -0.261 e. The van der Waals surface area contributed by atoms with E-state index in [4.69, 9.17) is 11.6 Å². The molecule has 0 saturated carbocycles. The third-order valence-electron chi connectivity index (χ3n) is 2.76. The molecule has 0 radical (unpaired) electrons. The molecule has 0 aromatic carbocycles. The predicted molar refractivity (Wildman–Crippen MR) is 55.3 cm³/mol. The number of aromatic nitrogens is 1. The molecule has 0 N–H and O–H groups in total. The van der Waals surface area contributed by atoms with E-state index in [9.17, 15) is 0 Å². The molecule has 1 unspecified atom stereocenters. The van der Waals surface area contributed by atoms with E-state index in [2.05, 4.69) is 11.1 Å². The van der Waals surface area contributed by atoms with Crippen molar-refractivity contribution < 1.29 is 0 Å². The fourth-order valence-electron chi connectivity index (χ4n) is 2.10. The van der Waals surface area contributed by atoms with Crippen LogP contribution >= 0.6 is 11.6 Å². The summed E-state index contributed by atoms with van der Waals surface area (Å²) in [4.78, 5) is 4.45. The second-order valence-electron chi connectivity index (χ2n) is 3.61. The van der Waals surface area contributed by atoms with Crippen LogP contribution in [0, 0.1) is 0 Å². The van der Waals surface area contributed by atoms with Crippen molar-refractivity contribution in [2.45, 2.75) is 31.6 Å². The van der Waals surface area contributed by atoms with Crippen LogP contribution in [0.1, 0.15) is 36.4 Å². The maximum Gasteiger partial charge on any atom is 0.0466 e. The van der Waals surface area contributed by atoms with Crippen LogP contribution in [0.25, 0.3) is 0 Å². The lowest BCUT2D eigenvalue weighted by Gasteiger charge is -2.08. The van der Waals surface area contributed by atoms with Gasteiger partial charge in [-0.15, -0.1) is 11.6 Å². The molecule has 0 bridgehead atoms. The first kappa shape index (κ1) is 9.01. The van der Waals surface area contributed by atoms with Crippen molar-refractivity contribution >= 4 is 11.6 Å². The quantitative estimate of drug-likeness (QED) is 0.676. The normalized spacial score (nSPS) is 20.2. The third kappa shape index (κ3) is 1.86. The van der Waals surface area contributed by atoms with Crippen molar-refractivity contribution in [1.29, 1.82) is 0 Å². The summed E-state index contributed by atoms with van der Waals surface area (Å²) >= 11 is 5.69. The number of rotatable bonds is 3. The second kappa shape index (κ2) is 4.10. The Kier molecular flexibility index (Phi) is 2.84. The molecular formula is C11H14ClN. The molecule has 13 heavy (non-hydrogen) atoms. The summed E-state index contributed by atoms with van der Waals surface area (Å²) in [5, 5.41) is 0. The van der Waals surface area contributed by atoms with Gasteiger partial charge >= 0.3 is 0 Å². The first-order valence-corrected chi connectivity index (χ1v) is 5.45. The maximum absolute atomic E-state index is 5.69. The van der Waals surface area contributed by atoms with Crippen LogP contribution in [0.15, 0.2) is 18.3 Å². The van der Waals surface area contributed by atoms with Crippen LogP contribution in [0.2, 0.25) is 0 Å². The smallest absolute Gasteiger partial charge is 0.0466 e. The average molecular weight is 196 g/mol. The van der Waals surface area contributed by atoms with Crippen molar-refractivity contribution in [3.63, 3.8) is 0 Å². The standard InChI is InChI=1S/C11H14ClN/c12-7-1-3-9-5-6-10-4-2-8-13-11(9)10/h2,4,8-9H,1,3,5-7H2. The Bertz CT molecular complexity index is 285. The largest absolute Gasteiger partial charge is 0.261 e. The molecule has 0 fully saturated rings. The topological polar surface area (TPSA) is 12.9 Å². The van der Waals surface area contributed by atoms with E-state index in [1.54, 1.807) is 0 Å². The Morgan fingerprint density at radius 3 is 3.31 bits per heavy atom. The van der Waals surface area contributed by atoms with E-state index in [0.717, 1.165) is 12.3 Å². The van der Waals surface area contributed by atoms with E-state index >= 15 is 0 Å². The van der Waals surface area contributed by atoms with Crippen LogP contribution in [0.5, 0.6) is 0 Å². The van der Waals surface area contributed by atoms with Crippen LogP contribution < -0.4 is 0 Å². The zero-order valence-corrected chi connectivity index (χ0v) is 8.43.